The first-order chi connectivity index (χ1) is 7.75. The molecule has 0 radical (unpaired) electrons. The number of hydrogen-bond acceptors (Lipinski definition) is 1. The van der Waals surface area contributed by atoms with E-state index in [0.29, 0.717) is 6.04 Å². The molecule has 1 aromatic heterocycles. The van der Waals surface area contributed by atoms with Crippen molar-refractivity contribution in [2.45, 2.75) is 32.2 Å². The van der Waals surface area contributed by atoms with Gasteiger partial charge < -0.3 is 9.55 Å². The van der Waals surface area contributed by atoms with Crippen LogP contribution in [-0.2, 0) is 0 Å². The van der Waals surface area contributed by atoms with E-state index >= 15 is 0 Å². The molecule has 2 unspecified atom stereocenters. The quantitative estimate of drug-likeness (QED) is 0.735. The highest BCUT2D eigenvalue weighted by Gasteiger charge is 2.24. The van der Waals surface area contributed by atoms with Crippen LogP contribution in [0.2, 0.25) is 0 Å². The van der Waals surface area contributed by atoms with E-state index in [4.69, 9.17) is 12.2 Å². The number of fused-ring (bicyclic) bond motifs is 1. The summed E-state index contributed by atoms with van der Waals surface area (Å²) in [5, 5.41) is 0. The summed E-state index contributed by atoms with van der Waals surface area (Å²) in [4.78, 5) is 3.30. The summed E-state index contributed by atoms with van der Waals surface area (Å²) in [7, 11) is 0. The SMILES string of the molecule is CC1CCC(n2c(=S)[nH]c3ccccc32)C1. The van der Waals surface area contributed by atoms with Gasteiger partial charge in [-0.2, -0.15) is 0 Å². The zero-order valence-electron chi connectivity index (χ0n) is 9.44. The van der Waals surface area contributed by atoms with E-state index in [1.54, 1.807) is 0 Å². The maximum atomic E-state index is 5.44. The van der Waals surface area contributed by atoms with Crippen LogP contribution >= 0.6 is 12.2 Å². The van der Waals surface area contributed by atoms with Crippen LogP contribution in [0.5, 0.6) is 0 Å². The Morgan fingerprint density at radius 2 is 2.12 bits per heavy atom. The van der Waals surface area contributed by atoms with Crippen molar-refractivity contribution in [2.75, 3.05) is 0 Å². The van der Waals surface area contributed by atoms with E-state index in [-0.39, 0.29) is 0 Å². The third kappa shape index (κ3) is 1.50. The minimum Gasteiger partial charge on any atom is -0.331 e. The van der Waals surface area contributed by atoms with Gasteiger partial charge in [-0.15, -0.1) is 0 Å². The highest BCUT2D eigenvalue weighted by Crippen LogP contribution is 2.36. The van der Waals surface area contributed by atoms with Crippen LogP contribution in [0.4, 0.5) is 0 Å². The molecule has 2 aromatic rings. The van der Waals surface area contributed by atoms with Crippen molar-refractivity contribution in [3.05, 3.63) is 29.0 Å². The number of H-pyrrole nitrogens is 1. The fourth-order valence-electron chi connectivity index (χ4n) is 2.85. The fraction of sp³-hybridized carbons (Fsp3) is 0.462. The normalized spacial score (nSPS) is 25.3. The predicted octanol–water partition coefficient (Wildman–Crippen LogP) is 4.06. The molecule has 0 saturated heterocycles. The van der Waals surface area contributed by atoms with Crippen molar-refractivity contribution in [3.8, 4) is 0 Å². The standard InChI is InChI=1S/C13H16N2S/c1-9-6-7-10(8-9)15-12-5-3-2-4-11(12)14-13(15)16/h2-5,9-10H,6-8H2,1H3,(H,14,16). The summed E-state index contributed by atoms with van der Waals surface area (Å²) in [6.07, 6.45) is 3.85. The Labute approximate surface area is 100 Å². The number of benzene rings is 1. The largest absolute Gasteiger partial charge is 0.331 e. The first kappa shape index (κ1) is 10.1. The smallest absolute Gasteiger partial charge is 0.178 e. The second kappa shape index (κ2) is 3.74. The number of hydrogen-bond donors (Lipinski definition) is 1. The predicted molar refractivity (Wildman–Crippen MR) is 69.2 cm³/mol. The Morgan fingerprint density at radius 3 is 2.88 bits per heavy atom. The van der Waals surface area contributed by atoms with Gasteiger partial charge in [0, 0.05) is 6.04 Å². The van der Waals surface area contributed by atoms with Crippen molar-refractivity contribution in [2.24, 2.45) is 5.92 Å². The minimum atomic E-state index is 0.596. The topological polar surface area (TPSA) is 20.7 Å². The van der Waals surface area contributed by atoms with Gasteiger partial charge >= 0.3 is 0 Å². The third-order valence-electron chi connectivity index (χ3n) is 3.66. The fourth-order valence-corrected chi connectivity index (χ4v) is 3.21. The summed E-state index contributed by atoms with van der Waals surface area (Å²) in [6, 6.07) is 8.98. The zero-order valence-corrected chi connectivity index (χ0v) is 10.3. The van der Waals surface area contributed by atoms with Crippen molar-refractivity contribution < 1.29 is 0 Å². The van der Waals surface area contributed by atoms with Crippen molar-refractivity contribution in [1.82, 2.24) is 9.55 Å². The number of aromatic nitrogens is 2. The molecule has 1 fully saturated rings. The second-order valence-electron chi connectivity index (χ2n) is 4.89. The van der Waals surface area contributed by atoms with Crippen LogP contribution in [0, 0.1) is 10.7 Å². The molecular formula is C13H16N2S. The Morgan fingerprint density at radius 1 is 1.31 bits per heavy atom. The lowest BCUT2D eigenvalue weighted by atomic mass is 10.1. The second-order valence-corrected chi connectivity index (χ2v) is 5.28. The molecule has 0 spiro atoms. The van der Waals surface area contributed by atoms with Crippen molar-refractivity contribution in [1.29, 1.82) is 0 Å². The third-order valence-corrected chi connectivity index (χ3v) is 3.96. The molecule has 3 rings (SSSR count). The van der Waals surface area contributed by atoms with Crippen LogP contribution in [0.25, 0.3) is 11.0 Å². The minimum absolute atomic E-state index is 0.596. The molecule has 2 atom stereocenters. The number of nitrogens with zero attached hydrogens (tertiary/aromatic N) is 1. The molecule has 84 valence electrons. The summed E-state index contributed by atoms with van der Waals surface area (Å²) in [6.45, 7) is 2.33. The summed E-state index contributed by atoms with van der Waals surface area (Å²) >= 11 is 5.44. The van der Waals surface area contributed by atoms with Crippen molar-refractivity contribution in [3.63, 3.8) is 0 Å². The van der Waals surface area contributed by atoms with Gasteiger partial charge in [0.1, 0.15) is 0 Å². The average Bonchev–Trinajstić information content (AvgIpc) is 2.80. The first-order valence-electron chi connectivity index (χ1n) is 5.95. The van der Waals surface area contributed by atoms with Crippen LogP contribution in [0.3, 0.4) is 0 Å². The van der Waals surface area contributed by atoms with Gasteiger partial charge in [0.25, 0.3) is 0 Å². The van der Waals surface area contributed by atoms with Gasteiger partial charge in [0.2, 0.25) is 0 Å². The molecule has 1 aromatic carbocycles. The molecule has 2 nitrogen and oxygen atoms in total. The van der Waals surface area contributed by atoms with Crippen molar-refractivity contribution >= 4 is 23.3 Å². The molecular weight excluding hydrogens is 216 g/mol. The number of rotatable bonds is 1. The highest BCUT2D eigenvalue weighted by molar-refractivity contribution is 7.71. The van der Waals surface area contributed by atoms with Gasteiger partial charge in [0.05, 0.1) is 11.0 Å². The lowest BCUT2D eigenvalue weighted by Gasteiger charge is -2.12. The molecule has 16 heavy (non-hydrogen) atoms. The van der Waals surface area contributed by atoms with E-state index < -0.39 is 0 Å². The molecule has 1 saturated carbocycles. The maximum absolute atomic E-state index is 5.44. The van der Waals surface area contributed by atoms with Crippen LogP contribution in [0.15, 0.2) is 24.3 Å². The van der Waals surface area contributed by atoms with Crippen LogP contribution in [0.1, 0.15) is 32.2 Å². The lowest BCUT2D eigenvalue weighted by molar-refractivity contribution is 0.500. The molecule has 1 aliphatic carbocycles. The van der Waals surface area contributed by atoms with Crippen LogP contribution < -0.4 is 0 Å². The molecule has 0 bridgehead atoms. The average molecular weight is 232 g/mol. The Bertz CT molecular complexity index is 567. The van der Waals surface area contributed by atoms with E-state index in [0.717, 1.165) is 16.2 Å². The molecule has 1 aliphatic rings. The maximum Gasteiger partial charge on any atom is 0.178 e. The van der Waals surface area contributed by atoms with Gasteiger partial charge in [-0.3, -0.25) is 0 Å². The van der Waals surface area contributed by atoms with Crippen LogP contribution in [-0.4, -0.2) is 9.55 Å². The number of aromatic amines is 1. The summed E-state index contributed by atoms with van der Waals surface area (Å²) in [5.41, 5.74) is 2.42. The molecule has 3 heteroatoms. The molecule has 0 amide bonds. The molecule has 1 N–H and O–H groups in total. The van der Waals surface area contributed by atoms with E-state index in [9.17, 15) is 0 Å². The zero-order chi connectivity index (χ0) is 11.1. The van der Waals surface area contributed by atoms with E-state index in [1.807, 2.05) is 0 Å². The Kier molecular flexibility index (Phi) is 2.36. The Hall–Kier alpha value is -1.09. The van der Waals surface area contributed by atoms with E-state index in [2.05, 4.69) is 40.7 Å². The van der Waals surface area contributed by atoms with E-state index in [1.165, 1.54) is 24.8 Å². The molecule has 0 aliphatic heterocycles. The highest BCUT2D eigenvalue weighted by atomic mass is 32.1. The number of nitrogens with one attached hydrogen (secondary N) is 1. The lowest BCUT2D eigenvalue weighted by Crippen LogP contribution is -2.05. The monoisotopic (exact) mass is 232 g/mol. The van der Waals surface area contributed by atoms with Gasteiger partial charge in [0.15, 0.2) is 4.77 Å². The van der Waals surface area contributed by atoms with Gasteiger partial charge in [-0.25, -0.2) is 0 Å². The first-order valence-corrected chi connectivity index (χ1v) is 6.36. The van der Waals surface area contributed by atoms with Gasteiger partial charge in [-0.05, 0) is 49.5 Å². The van der Waals surface area contributed by atoms with Gasteiger partial charge in [-0.1, -0.05) is 19.1 Å². The summed E-state index contributed by atoms with van der Waals surface area (Å²) in [5.74, 6) is 0.834. The summed E-state index contributed by atoms with van der Waals surface area (Å²) < 4.78 is 3.19. The Balaban J connectivity index is 2.15. The number of para-hydroxylation sites is 2. The number of imidazole rings is 1. The molecule has 1 heterocycles.